The molecule has 16 heavy (non-hydrogen) atoms. The molecule has 0 saturated carbocycles. The van der Waals surface area contributed by atoms with E-state index in [0.29, 0.717) is 11.5 Å². The summed E-state index contributed by atoms with van der Waals surface area (Å²) in [5.74, 6) is 0.0761. The van der Waals surface area contributed by atoms with Gasteiger partial charge >= 0.3 is 0 Å². The lowest BCUT2D eigenvalue weighted by Crippen LogP contribution is -2.40. The number of rotatable bonds is 8. The summed E-state index contributed by atoms with van der Waals surface area (Å²) < 4.78 is 0. The Morgan fingerprint density at radius 3 is 2.56 bits per heavy atom. The minimum absolute atomic E-state index is 0.0761. The number of nitrogens with zero attached hydrogens (tertiary/aromatic N) is 1. The molecule has 0 fully saturated rings. The van der Waals surface area contributed by atoms with E-state index in [-0.39, 0.29) is 11.9 Å². The highest BCUT2D eigenvalue weighted by atomic mass is 32.1. The van der Waals surface area contributed by atoms with E-state index in [0.717, 1.165) is 25.9 Å². The summed E-state index contributed by atoms with van der Waals surface area (Å²) in [5.41, 5.74) is 5.42. The second-order valence-electron chi connectivity index (χ2n) is 4.16. The summed E-state index contributed by atoms with van der Waals surface area (Å²) >= 11 is 4.81. The summed E-state index contributed by atoms with van der Waals surface area (Å²) in [5, 5.41) is 2.88. The fraction of sp³-hybridized carbons (Fsp3) is 0.818. The third-order valence-electron chi connectivity index (χ3n) is 2.16. The van der Waals surface area contributed by atoms with E-state index in [1.807, 2.05) is 20.8 Å². The number of hydrogen-bond acceptors (Lipinski definition) is 3. The van der Waals surface area contributed by atoms with Crippen molar-refractivity contribution in [2.75, 3.05) is 19.6 Å². The number of hydrogen-bond donors (Lipinski definition) is 2. The van der Waals surface area contributed by atoms with E-state index in [2.05, 4.69) is 10.2 Å². The van der Waals surface area contributed by atoms with Gasteiger partial charge in [-0.1, -0.05) is 19.1 Å². The predicted octanol–water partition coefficient (Wildman–Crippen LogP) is 0.899. The van der Waals surface area contributed by atoms with Crippen molar-refractivity contribution in [2.24, 2.45) is 5.73 Å². The van der Waals surface area contributed by atoms with Crippen molar-refractivity contribution in [3.8, 4) is 0 Å². The Morgan fingerprint density at radius 2 is 2.12 bits per heavy atom. The molecule has 0 aliphatic carbocycles. The van der Waals surface area contributed by atoms with Gasteiger partial charge in [-0.05, 0) is 39.8 Å². The molecule has 1 amide bonds. The van der Waals surface area contributed by atoms with E-state index in [9.17, 15) is 4.79 Å². The van der Waals surface area contributed by atoms with Crippen LogP contribution in [0.2, 0.25) is 0 Å². The van der Waals surface area contributed by atoms with Gasteiger partial charge in [-0.15, -0.1) is 0 Å². The summed E-state index contributed by atoms with van der Waals surface area (Å²) in [7, 11) is 0. The van der Waals surface area contributed by atoms with Crippen LogP contribution >= 0.6 is 12.2 Å². The Kier molecular flexibility index (Phi) is 8.11. The molecule has 0 aliphatic heterocycles. The van der Waals surface area contributed by atoms with E-state index in [4.69, 9.17) is 18.0 Å². The van der Waals surface area contributed by atoms with Crippen molar-refractivity contribution < 1.29 is 4.79 Å². The highest BCUT2D eigenvalue weighted by Gasteiger charge is 2.09. The number of amides is 1. The Balaban J connectivity index is 3.81. The average Bonchev–Trinajstić information content (AvgIpc) is 2.14. The molecule has 0 aliphatic rings. The molecule has 3 N–H and O–H groups in total. The van der Waals surface area contributed by atoms with Crippen molar-refractivity contribution in [2.45, 2.75) is 39.7 Å². The third kappa shape index (κ3) is 8.61. The minimum atomic E-state index is 0.0761. The van der Waals surface area contributed by atoms with Crippen LogP contribution in [0.25, 0.3) is 0 Å². The second-order valence-corrected chi connectivity index (χ2v) is 4.69. The number of nitrogens with one attached hydrogen (secondary N) is 1. The highest BCUT2D eigenvalue weighted by Crippen LogP contribution is 1.95. The zero-order chi connectivity index (χ0) is 12.6. The monoisotopic (exact) mass is 245 g/mol. The van der Waals surface area contributed by atoms with Crippen LogP contribution in [-0.4, -0.2) is 41.5 Å². The normalized spacial score (nSPS) is 10.8. The maximum atomic E-state index is 11.5. The molecule has 0 aromatic carbocycles. The van der Waals surface area contributed by atoms with Gasteiger partial charge in [0, 0.05) is 6.04 Å². The molecule has 94 valence electrons. The zero-order valence-corrected chi connectivity index (χ0v) is 11.3. The maximum absolute atomic E-state index is 11.5. The maximum Gasteiger partial charge on any atom is 0.234 e. The fourth-order valence-electron chi connectivity index (χ4n) is 1.40. The quantitative estimate of drug-likeness (QED) is 0.624. The van der Waals surface area contributed by atoms with Crippen LogP contribution in [0.5, 0.6) is 0 Å². The van der Waals surface area contributed by atoms with Crippen LogP contribution in [0.3, 0.4) is 0 Å². The van der Waals surface area contributed by atoms with Gasteiger partial charge in [-0.2, -0.15) is 0 Å². The number of carbonyl (C=O) groups excluding carboxylic acids is 1. The summed E-state index contributed by atoms with van der Waals surface area (Å²) in [6.45, 7) is 8.14. The molecule has 0 saturated heterocycles. The zero-order valence-electron chi connectivity index (χ0n) is 10.5. The molecule has 0 aromatic heterocycles. The molecule has 5 heteroatoms. The molecular formula is C11H23N3OS. The summed E-state index contributed by atoms with van der Waals surface area (Å²) in [6.07, 6.45) is 1.66. The van der Waals surface area contributed by atoms with Gasteiger partial charge in [0.2, 0.25) is 5.91 Å². The Bertz CT molecular complexity index is 231. The lowest BCUT2D eigenvalue weighted by atomic mass is 10.3. The lowest BCUT2D eigenvalue weighted by Gasteiger charge is -2.20. The predicted molar refractivity (Wildman–Crippen MR) is 71.4 cm³/mol. The molecule has 0 aromatic rings. The van der Waals surface area contributed by atoms with Crippen LogP contribution in [0.15, 0.2) is 0 Å². The van der Waals surface area contributed by atoms with Crippen molar-refractivity contribution in [1.82, 2.24) is 10.2 Å². The number of likely N-dealkylation sites (N-methyl/N-ethyl adjacent to an activating group) is 1. The van der Waals surface area contributed by atoms with E-state index in [1.165, 1.54) is 0 Å². The molecule has 0 radical (unpaired) electrons. The molecule has 0 heterocycles. The Hall–Kier alpha value is -0.680. The van der Waals surface area contributed by atoms with Gasteiger partial charge < -0.3 is 11.1 Å². The summed E-state index contributed by atoms with van der Waals surface area (Å²) in [6, 6.07) is 0.197. The first-order chi connectivity index (χ1) is 7.45. The first kappa shape index (κ1) is 15.3. The van der Waals surface area contributed by atoms with Crippen molar-refractivity contribution in [3.05, 3.63) is 0 Å². The molecule has 0 spiro atoms. The highest BCUT2D eigenvalue weighted by molar-refractivity contribution is 7.80. The van der Waals surface area contributed by atoms with Gasteiger partial charge in [-0.25, -0.2) is 0 Å². The van der Waals surface area contributed by atoms with Gasteiger partial charge in [-0.3, -0.25) is 9.69 Å². The van der Waals surface area contributed by atoms with Crippen molar-refractivity contribution >= 4 is 23.1 Å². The van der Waals surface area contributed by atoms with E-state index < -0.39 is 0 Å². The smallest absolute Gasteiger partial charge is 0.234 e. The molecule has 0 unspecified atom stereocenters. The third-order valence-corrected chi connectivity index (χ3v) is 2.37. The minimum Gasteiger partial charge on any atom is -0.393 e. The standard InChI is InChI=1S/C11H23N3OS/c1-4-14(7-5-6-10(12)16)8-11(15)13-9(2)3/h9H,4-8H2,1-3H3,(H2,12,16)(H,13,15). The van der Waals surface area contributed by atoms with Gasteiger partial charge in [0.25, 0.3) is 0 Å². The first-order valence-electron chi connectivity index (χ1n) is 5.75. The Labute approximate surface area is 104 Å². The number of thiocarbonyl (C=S) groups is 1. The number of carbonyl (C=O) groups is 1. The molecular weight excluding hydrogens is 222 g/mol. The number of nitrogens with two attached hydrogens (primary N) is 1. The van der Waals surface area contributed by atoms with Crippen molar-refractivity contribution in [1.29, 1.82) is 0 Å². The second kappa shape index (κ2) is 8.47. The van der Waals surface area contributed by atoms with Gasteiger partial charge in [0.15, 0.2) is 0 Å². The first-order valence-corrected chi connectivity index (χ1v) is 6.16. The van der Waals surface area contributed by atoms with Crippen LogP contribution in [0.4, 0.5) is 0 Å². The largest absolute Gasteiger partial charge is 0.393 e. The Morgan fingerprint density at radius 1 is 1.50 bits per heavy atom. The fourth-order valence-corrected chi connectivity index (χ4v) is 1.54. The van der Waals surface area contributed by atoms with Gasteiger partial charge in [0.05, 0.1) is 11.5 Å². The summed E-state index contributed by atoms with van der Waals surface area (Å²) in [4.78, 5) is 14.2. The topological polar surface area (TPSA) is 58.4 Å². The van der Waals surface area contributed by atoms with Crippen LogP contribution in [-0.2, 0) is 4.79 Å². The molecule has 0 rings (SSSR count). The van der Waals surface area contributed by atoms with Crippen LogP contribution < -0.4 is 11.1 Å². The van der Waals surface area contributed by atoms with Gasteiger partial charge in [0.1, 0.15) is 0 Å². The molecule has 0 atom stereocenters. The van der Waals surface area contributed by atoms with E-state index in [1.54, 1.807) is 0 Å². The van der Waals surface area contributed by atoms with Crippen LogP contribution in [0.1, 0.15) is 33.6 Å². The lowest BCUT2D eigenvalue weighted by molar-refractivity contribution is -0.122. The van der Waals surface area contributed by atoms with Crippen LogP contribution in [0, 0.1) is 0 Å². The average molecular weight is 245 g/mol. The SMILES string of the molecule is CCN(CCCC(N)=S)CC(=O)NC(C)C. The van der Waals surface area contributed by atoms with Crippen molar-refractivity contribution in [3.63, 3.8) is 0 Å². The molecule has 0 bridgehead atoms. The van der Waals surface area contributed by atoms with E-state index >= 15 is 0 Å². The molecule has 4 nitrogen and oxygen atoms in total.